The number of hydrogen-bond donors (Lipinski definition) is 1. The van der Waals surface area contributed by atoms with Crippen LogP contribution in [-0.4, -0.2) is 11.4 Å². The van der Waals surface area contributed by atoms with Crippen LogP contribution in [0.15, 0.2) is 23.4 Å². The van der Waals surface area contributed by atoms with E-state index in [1.54, 1.807) is 0 Å². The van der Waals surface area contributed by atoms with Gasteiger partial charge < -0.3 is 5.11 Å². The minimum Gasteiger partial charge on any atom is -0.507 e. The summed E-state index contributed by atoms with van der Waals surface area (Å²) in [7, 11) is 0. The summed E-state index contributed by atoms with van der Waals surface area (Å²) in [6.07, 6.45) is 0.462. The van der Waals surface area contributed by atoms with Gasteiger partial charge in [0.15, 0.2) is 6.29 Å². The Labute approximate surface area is 76.2 Å². The van der Waals surface area contributed by atoms with Crippen LogP contribution < -0.4 is 0 Å². The summed E-state index contributed by atoms with van der Waals surface area (Å²) in [4.78, 5) is 20.1. The molecule has 13 heavy (non-hydrogen) atoms. The zero-order chi connectivity index (χ0) is 10.3. The molecule has 0 bridgehead atoms. The molecule has 0 aliphatic carbocycles. The topological polar surface area (TPSA) is 66.7 Å². The Morgan fingerprint density at radius 2 is 2.00 bits per heavy atom. The molecule has 0 atom stereocenters. The Morgan fingerprint density at radius 1 is 1.38 bits per heavy atom. The maximum atomic E-state index is 10.2. The lowest BCUT2D eigenvalue weighted by Gasteiger charge is -1.94. The molecule has 1 aromatic rings. The van der Waals surface area contributed by atoms with E-state index in [2.05, 4.69) is 5.18 Å². The maximum absolute atomic E-state index is 10.2. The molecule has 4 heteroatoms. The number of aldehydes is 1. The number of phenolic OH excluding ortho intramolecular Hbond substituents is 1. The van der Waals surface area contributed by atoms with Gasteiger partial charge in [0, 0.05) is 0 Å². The van der Waals surface area contributed by atoms with Crippen molar-refractivity contribution < 1.29 is 9.90 Å². The Bertz CT molecular complexity index is 297. The van der Waals surface area contributed by atoms with E-state index >= 15 is 0 Å². The van der Waals surface area contributed by atoms with Gasteiger partial charge in [-0.15, -0.1) is 4.91 Å². The zero-order valence-electron chi connectivity index (χ0n) is 7.52. The number of carbonyl (C=O) groups excluding carboxylic acids is 1. The highest BCUT2D eigenvalue weighted by Crippen LogP contribution is 2.20. The Balaban J connectivity index is 0.000000671. The van der Waals surface area contributed by atoms with Gasteiger partial charge in [0.05, 0.1) is 5.56 Å². The number of aromatic hydroxyl groups is 1. The lowest BCUT2D eigenvalue weighted by atomic mass is 10.2. The first-order chi connectivity index (χ1) is 6.27. The van der Waals surface area contributed by atoms with Gasteiger partial charge in [-0.05, 0) is 23.4 Å². The molecule has 1 rings (SSSR count). The van der Waals surface area contributed by atoms with E-state index in [1.165, 1.54) is 18.2 Å². The average molecular weight is 181 g/mol. The minimum atomic E-state index is -0.146. The molecule has 0 radical (unpaired) electrons. The van der Waals surface area contributed by atoms with Gasteiger partial charge in [0.25, 0.3) is 0 Å². The highest BCUT2D eigenvalue weighted by molar-refractivity contribution is 5.80. The van der Waals surface area contributed by atoms with E-state index in [-0.39, 0.29) is 17.0 Å². The summed E-state index contributed by atoms with van der Waals surface area (Å²) in [6, 6.07) is 3.80. The Hall–Kier alpha value is -1.71. The quantitative estimate of drug-likeness (QED) is 0.563. The van der Waals surface area contributed by atoms with Crippen molar-refractivity contribution >= 4 is 12.0 Å². The number of phenols is 1. The highest BCUT2D eigenvalue weighted by atomic mass is 16.3. The zero-order valence-corrected chi connectivity index (χ0v) is 7.52. The molecule has 0 heterocycles. The number of rotatable bonds is 2. The predicted octanol–water partition coefficient (Wildman–Crippen LogP) is 2.63. The number of nitrogens with zero attached hydrogens (tertiary/aromatic N) is 1. The van der Waals surface area contributed by atoms with Crippen LogP contribution in [0, 0.1) is 4.91 Å². The fourth-order valence-corrected chi connectivity index (χ4v) is 0.693. The highest BCUT2D eigenvalue weighted by Gasteiger charge is 2.00. The molecule has 0 amide bonds. The van der Waals surface area contributed by atoms with Gasteiger partial charge in [-0.2, -0.15) is 0 Å². The summed E-state index contributed by atoms with van der Waals surface area (Å²) in [5.74, 6) is -0.146. The minimum absolute atomic E-state index is 0.0714. The van der Waals surface area contributed by atoms with Crippen LogP contribution in [0.4, 0.5) is 5.69 Å². The van der Waals surface area contributed by atoms with Crippen LogP contribution in [0.2, 0.25) is 0 Å². The van der Waals surface area contributed by atoms with Crippen LogP contribution in [0.5, 0.6) is 5.75 Å². The third-order valence-corrected chi connectivity index (χ3v) is 1.24. The van der Waals surface area contributed by atoms with E-state index in [1.807, 2.05) is 13.8 Å². The molecule has 0 spiro atoms. The second-order valence-electron chi connectivity index (χ2n) is 1.95. The van der Waals surface area contributed by atoms with Crippen LogP contribution >= 0.6 is 0 Å². The Morgan fingerprint density at radius 3 is 2.46 bits per heavy atom. The van der Waals surface area contributed by atoms with Crippen molar-refractivity contribution in [1.29, 1.82) is 0 Å². The first kappa shape index (κ1) is 11.3. The lowest BCUT2D eigenvalue weighted by molar-refractivity contribution is 0.112. The van der Waals surface area contributed by atoms with E-state index in [4.69, 9.17) is 5.11 Å². The van der Waals surface area contributed by atoms with Crippen molar-refractivity contribution in [2.75, 3.05) is 0 Å². The molecule has 1 aromatic carbocycles. The van der Waals surface area contributed by atoms with Gasteiger partial charge in [0.1, 0.15) is 11.4 Å². The first-order valence-corrected chi connectivity index (χ1v) is 3.89. The van der Waals surface area contributed by atoms with Gasteiger partial charge in [-0.1, -0.05) is 13.8 Å². The number of carbonyl (C=O) groups is 1. The average Bonchev–Trinajstić information content (AvgIpc) is 2.22. The molecule has 0 saturated carbocycles. The summed E-state index contributed by atoms with van der Waals surface area (Å²) >= 11 is 0. The predicted molar refractivity (Wildman–Crippen MR) is 50.3 cm³/mol. The fourth-order valence-electron chi connectivity index (χ4n) is 0.693. The second-order valence-corrected chi connectivity index (χ2v) is 1.95. The molecule has 0 unspecified atom stereocenters. The Kier molecular flexibility index (Phi) is 5.11. The van der Waals surface area contributed by atoms with Gasteiger partial charge in [-0.3, -0.25) is 4.79 Å². The molecular weight excluding hydrogens is 170 g/mol. The molecule has 0 saturated heterocycles. The van der Waals surface area contributed by atoms with E-state index in [0.29, 0.717) is 6.29 Å². The van der Waals surface area contributed by atoms with Gasteiger partial charge >= 0.3 is 0 Å². The van der Waals surface area contributed by atoms with Crippen molar-refractivity contribution in [1.82, 2.24) is 0 Å². The number of hydrogen-bond acceptors (Lipinski definition) is 4. The summed E-state index contributed by atoms with van der Waals surface area (Å²) < 4.78 is 0. The van der Waals surface area contributed by atoms with Crippen molar-refractivity contribution in [3.05, 3.63) is 28.7 Å². The number of nitroso groups, excluding NO2 is 1. The van der Waals surface area contributed by atoms with Gasteiger partial charge in [-0.25, -0.2) is 0 Å². The van der Waals surface area contributed by atoms with Crippen LogP contribution in [0.25, 0.3) is 0 Å². The molecule has 0 fully saturated rings. The maximum Gasteiger partial charge on any atom is 0.153 e. The number of benzene rings is 1. The van der Waals surface area contributed by atoms with Crippen LogP contribution in [0.3, 0.4) is 0 Å². The van der Waals surface area contributed by atoms with E-state index in [9.17, 15) is 9.70 Å². The molecule has 0 aliphatic rings. The summed E-state index contributed by atoms with van der Waals surface area (Å²) in [6.45, 7) is 4.00. The van der Waals surface area contributed by atoms with Crippen molar-refractivity contribution in [2.45, 2.75) is 13.8 Å². The van der Waals surface area contributed by atoms with E-state index in [0.717, 1.165) is 0 Å². The lowest BCUT2D eigenvalue weighted by Crippen LogP contribution is -1.78. The molecule has 0 aliphatic heterocycles. The van der Waals surface area contributed by atoms with Crippen molar-refractivity contribution in [3.63, 3.8) is 0 Å². The molecule has 70 valence electrons. The summed E-state index contributed by atoms with van der Waals surface area (Å²) in [5.41, 5.74) is 0.201. The molecule has 1 N–H and O–H groups in total. The molecular formula is C9H11NO3. The van der Waals surface area contributed by atoms with Gasteiger partial charge in [0.2, 0.25) is 0 Å². The third-order valence-electron chi connectivity index (χ3n) is 1.24. The summed E-state index contributed by atoms with van der Waals surface area (Å²) in [5, 5.41) is 11.6. The molecule has 0 aromatic heterocycles. The SMILES string of the molecule is CC.O=Cc1cc(N=O)ccc1O. The largest absolute Gasteiger partial charge is 0.507 e. The van der Waals surface area contributed by atoms with Crippen LogP contribution in [0.1, 0.15) is 24.2 Å². The van der Waals surface area contributed by atoms with Crippen molar-refractivity contribution in [2.24, 2.45) is 5.18 Å². The molecule has 4 nitrogen and oxygen atoms in total. The van der Waals surface area contributed by atoms with Crippen molar-refractivity contribution in [3.8, 4) is 5.75 Å². The standard InChI is InChI=1S/C7H5NO3.C2H6/c9-4-5-3-6(8-11)1-2-7(5)10;1-2/h1-4,10H;1-2H3. The second kappa shape index (κ2) is 5.88. The van der Waals surface area contributed by atoms with E-state index < -0.39 is 0 Å². The van der Waals surface area contributed by atoms with Crippen LogP contribution in [-0.2, 0) is 0 Å². The fraction of sp³-hybridized carbons (Fsp3) is 0.222. The first-order valence-electron chi connectivity index (χ1n) is 3.89. The smallest absolute Gasteiger partial charge is 0.153 e. The normalized spacial score (nSPS) is 8.15. The monoisotopic (exact) mass is 181 g/mol. The third kappa shape index (κ3) is 3.02.